The summed E-state index contributed by atoms with van der Waals surface area (Å²) in [5.74, 6) is 0. The van der Waals surface area contributed by atoms with Crippen molar-refractivity contribution in [1.82, 2.24) is 0 Å². The number of nitrogens with zero attached hydrogens (tertiary/aromatic N) is 1. The quantitative estimate of drug-likeness (QED) is 0.720. The maximum absolute atomic E-state index is 8.47. The van der Waals surface area contributed by atoms with Crippen LogP contribution in [-0.2, 0) is 6.42 Å². The lowest BCUT2D eigenvalue weighted by Gasteiger charge is -1.94. The minimum Gasteiger partial charge on any atom is -0.192 e. The summed E-state index contributed by atoms with van der Waals surface area (Å²) in [6, 6.07) is 18.3. The van der Waals surface area contributed by atoms with Crippen LogP contribution in [0.2, 0.25) is 0 Å². The molecular weight excluding hydrogens is 218 g/mol. The largest absolute Gasteiger partial charge is 0.192 e. The first kappa shape index (κ1) is 14.0. The molecule has 92 valence electrons. The normalized spacial score (nSPS) is 9.00. The second-order valence-electron chi connectivity index (χ2n) is 4.27. The highest BCUT2D eigenvalue weighted by molar-refractivity contribution is 5.35. The van der Waals surface area contributed by atoms with Gasteiger partial charge in [-0.15, -0.1) is 0 Å². The molecule has 18 heavy (non-hydrogen) atoms. The Kier molecular flexibility index (Phi) is 5.67. The molecule has 0 aliphatic rings. The molecule has 2 rings (SSSR count). The first-order valence-corrected chi connectivity index (χ1v) is 6.18. The van der Waals surface area contributed by atoms with Gasteiger partial charge in [0.15, 0.2) is 0 Å². The predicted molar refractivity (Wildman–Crippen MR) is 76.5 cm³/mol. The van der Waals surface area contributed by atoms with Gasteiger partial charge in [-0.25, -0.2) is 0 Å². The van der Waals surface area contributed by atoms with Crippen LogP contribution in [0.5, 0.6) is 0 Å². The topological polar surface area (TPSA) is 23.8 Å². The van der Waals surface area contributed by atoms with Gasteiger partial charge in [0.2, 0.25) is 0 Å². The molecule has 2 aromatic rings. The fraction of sp³-hybridized carbons (Fsp3) is 0.235. The molecule has 1 heteroatoms. The van der Waals surface area contributed by atoms with Crippen molar-refractivity contribution in [3.05, 3.63) is 70.8 Å². The standard InChI is InChI=1S/C9H12.C8H7N/c1-3-9-6-4-8(2)5-7-9;1-7-4-2-3-5-8(7)6-9/h4-7H,3H2,1-2H3;2-5H,1H3. The SMILES string of the molecule is CCc1ccc(C)cc1.Cc1ccccc1C#N. The molecular formula is C17H19N. The summed E-state index contributed by atoms with van der Waals surface area (Å²) in [5.41, 5.74) is 4.56. The monoisotopic (exact) mass is 237 g/mol. The lowest BCUT2D eigenvalue weighted by molar-refractivity contribution is 1.14. The highest BCUT2D eigenvalue weighted by Crippen LogP contribution is 2.03. The van der Waals surface area contributed by atoms with Gasteiger partial charge in [0.25, 0.3) is 0 Å². The highest BCUT2D eigenvalue weighted by Gasteiger charge is 1.90. The lowest BCUT2D eigenvalue weighted by Crippen LogP contribution is -1.77. The van der Waals surface area contributed by atoms with E-state index in [0.717, 1.165) is 17.5 Å². The molecule has 1 nitrogen and oxygen atoms in total. The van der Waals surface area contributed by atoms with Gasteiger partial charge in [-0.05, 0) is 37.5 Å². The van der Waals surface area contributed by atoms with Gasteiger partial charge in [0.1, 0.15) is 0 Å². The van der Waals surface area contributed by atoms with Crippen molar-refractivity contribution in [2.24, 2.45) is 0 Å². The molecule has 2 aromatic carbocycles. The first-order chi connectivity index (χ1) is 8.67. The molecule has 0 heterocycles. The van der Waals surface area contributed by atoms with Crippen molar-refractivity contribution in [2.45, 2.75) is 27.2 Å². The molecule has 0 N–H and O–H groups in total. The second-order valence-corrected chi connectivity index (χ2v) is 4.27. The predicted octanol–water partition coefficient (Wildman–Crippen LogP) is 4.42. The van der Waals surface area contributed by atoms with Crippen molar-refractivity contribution in [1.29, 1.82) is 5.26 Å². The molecule has 0 aliphatic heterocycles. The van der Waals surface area contributed by atoms with E-state index in [1.807, 2.05) is 31.2 Å². The molecule has 0 amide bonds. The van der Waals surface area contributed by atoms with Crippen molar-refractivity contribution in [3.8, 4) is 6.07 Å². The third-order valence-electron chi connectivity index (χ3n) is 2.79. The van der Waals surface area contributed by atoms with Crippen LogP contribution in [-0.4, -0.2) is 0 Å². The van der Waals surface area contributed by atoms with Crippen molar-refractivity contribution >= 4 is 0 Å². The average Bonchev–Trinajstić information content (AvgIpc) is 2.41. The molecule has 0 saturated heterocycles. The highest BCUT2D eigenvalue weighted by atomic mass is 14.2. The van der Waals surface area contributed by atoms with Gasteiger partial charge >= 0.3 is 0 Å². The van der Waals surface area contributed by atoms with E-state index in [-0.39, 0.29) is 0 Å². The lowest BCUT2D eigenvalue weighted by atomic mass is 10.1. The molecule has 0 aromatic heterocycles. The van der Waals surface area contributed by atoms with Gasteiger partial charge in [-0.1, -0.05) is 55.0 Å². The number of aryl methyl sites for hydroxylation is 3. The van der Waals surface area contributed by atoms with Crippen molar-refractivity contribution in [3.63, 3.8) is 0 Å². The van der Waals surface area contributed by atoms with Gasteiger partial charge in [0.05, 0.1) is 11.6 Å². The molecule has 0 radical (unpaired) electrons. The molecule has 0 spiro atoms. The number of hydrogen-bond acceptors (Lipinski definition) is 1. The summed E-state index contributed by atoms with van der Waals surface area (Å²) in [5, 5.41) is 8.47. The molecule has 0 unspecified atom stereocenters. The molecule has 0 atom stereocenters. The van der Waals surface area contributed by atoms with Crippen LogP contribution < -0.4 is 0 Å². The number of benzene rings is 2. The summed E-state index contributed by atoms with van der Waals surface area (Å²) in [7, 11) is 0. The van der Waals surface area contributed by atoms with Crippen LogP contribution in [0.3, 0.4) is 0 Å². The van der Waals surface area contributed by atoms with Crippen LogP contribution >= 0.6 is 0 Å². The third kappa shape index (κ3) is 4.43. The first-order valence-electron chi connectivity index (χ1n) is 6.18. The Balaban J connectivity index is 0.000000180. The van der Waals surface area contributed by atoms with Crippen molar-refractivity contribution < 1.29 is 0 Å². The van der Waals surface area contributed by atoms with Crippen LogP contribution in [0.15, 0.2) is 48.5 Å². The Hall–Kier alpha value is -2.07. The Morgan fingerprint density at radius 3 is 2.00 bits per heavy atom. The summed E-state index contributed by atoms with van der Waals surface area (Å²) in [6.45, 7) is 6.21. The van der Waals surface area contributed by atoms with E-state index >= 15 is 0 Å². The number of rotatable bonds is 1. The van der Waals surface area contributed by atoms with E-state index in [4.69, 9.17) is 5.26 Å². The van der Waals surface area contributed by atoms with E-state index in [0.29, 0.717) is 0 Å². The second kappa shape index (κ2) is 7.29. The Morgan fingerprint density at radius 1 is 0.944 bits per heavy atom. The summed E-state index contributed by atoms with van der Waals surface area (Å²) >= 11 is 0. The maximum Gasteiger partial charge on any atom is 0.0994 e. The van der Waals surface area contributed by atoms with E-state index in [1.165, 1.54) is 11.1 Å². The summed E-state index contributed by atoms with van der Waals surface area (Å²) < 4.78 is 0. The minimum absolute atomic E-state index is 0.762. The summed E-state index contributed by atoms with van der Waals surface area (Å²) in [4.78, 5) is 0. The molecule has 0 bridgehead atoms. The smallest absolute Gasteiger partial charge is 0.0994 e. The van der Waals surface area contributed by atoms with Gasteiger partial charge in [-0.2, -0.15) is 5.26 Å². The van der Waals surface area contributed by atoms with Gasteiger partial charge in [0, 0.05) is 0 Å². The number of nitriles is 1. The van der Waals surface area contributed by atoms with Crippen LogP contribution in [0.1, 0.15) is 29.2 Å². The Bertz CT molecular complexity index is 518. The number of hydrogen-bond donors (Lipinski definition) is 0. The zero-order valence-corrected chi connectivity index (χ0v) is 11.3. The minimum atomic E-state index is 0.762. The maximum atomic E-state index is 8.47. The van der Waals surface area contributed by atoms with Crippen LogP contribution in [0, 0.1) is 25.2 Å². The van der Waals surface area contributed by atoms with Crippen molar-refractivity contribution in [2.75, 3.05) is 0 Å². The van der Waals surface area contributed by atoms with E-state index in [2.05, 4.69) is 44.2 Å². The Morgan fingerprint density at radius 2 is 1.56 bits per heavy atom. The third-order valence-corrected chi connectivity index (χ3v) is 2.79. The van der Waals surface area contributed by atoms with E-state index in [9.17, 15) is 0 Å². The van der Waals surface area contributed by atoms with Gasteiger partial charge < -0.3 is 0 Å². The molecule has 0 aliphatic carbocycles. The van der Waals surface area contributed by atoms with Gasteiger partial charge in [-0.3, -0.25) is 0 Å². The Labute approximate surface area is 110 Å². The van der Waals surface area contributed by atoms with E-state index < -0.39 is 0 Å². The molecule has 0 fully saturated rings. The fourth-order valence-corrected chi connectivity index (χ4v) is 1.52. The average molecular weight is 237 g/mol. The van der Waals surface area contributed by atoms with Crippen LogP contribution in [0.25, 0.3) is 0 Å². The zero-order chi connectivity index (χ0) is 13.4. The van der Waals surface area contributed by atoms with E-state index in [1.54, 1.807) is 0 Å². The molecule has 0 saturated carbocycles. The summed E-state index contributed by atoms with van der Waals surface area (Å²) in [6.07, 6.45) is 1.14. The van der Waals surface area contributed by atoms with Crippen LogP contribution in [0.4, 0.5) is 0 Å². The zero-order valence-electron chi connectivity index (χ0n) is 11.3. The fourth-order valence-electron chi connectivity index (χ4n) is 1.52.